The highest BCUT2D eigenvalue weighted by Crippen LogP contribution is 2.23. The van der Waals surface area contributed by atoms with E-state index < -0.39 is 11.7 Å². The van der Waals surface area contributed by atoms with Crippen molar-refractivity contribution in [2.75, 3.05) is 12.4 Å². The number of amides is 1. The third-order valence-electron chi connectivity index (χ3n) is 2.37. The van der Waals surface area contributed by atoms with Crippen molar-refractivity contribution in [2.24, 2.45) is 0 Å². The van der Waals surface area contributed by atoms with Gasteiger partial charge in [-0.1, -0.05) is 0 Å². The van der Waals surface area contributed by atoms with Crippen LogP contribution in [0.2, 0.25) is 0 Å². The molecule has 1 aromatic carbocycles. The lowest BCUT2D eigenvalue weighted by atomic mass is 10.1. The highest BCUT2D eigenvalue weighted by Gasteiger charge is 2.16. The van der Waals surface area contributed by atoms with Crippen LogP contribution >= 0.6 is 0 Å². The largest absolute Gasteiger partial charge is 0.496 e. The van der Waals surface area contributed by atoms with Crippen molar-refractivity contribution in [1.82, 2.24) is 0 Å². The topological polar surface area (TPSA) is 64.6 Å². The fourth-order valence-electron chi connectivity index (χ4n) is 1.68. The van der Waals surface area contributed by atoms with E-state index in [4.69, 9.17) is 9.47 Å². The SMILES string of the molecule is COc1ccc(NC(=O)OC(C)(C)C)cc1CC(C)=O. The summed E-state index contributed by atoms with van der Waals surface area (Å²) >= 11 is 0. The molecule has 110 valence electrons. The van der Waals surface area contributed by atoms with Gasteiger partial charge in [0.05, 0.1) is 7.11 Å². The minimum absolute atomic E-state index is 0.0257. The Bertz CT molecular complexity index is 503. The van der Waals surface area contributed by atoms with Gasteiger partial charge in [0, 0.05) is 17.7 Å². The molecule has 5 nitrogen and oxygen atoms in total. The molecular formula is C15H21NO4. The first-order chi connectivity index (χ1) is 9.21. The molecule has 0 atom stereocenters. The number of benzene rings is 1. The fraction of sp³-hybridized carbons (Fsp3) is 0.467. The molecule has 0 unspecified atom stereocenters. The number of Topliss-reactive ketones (excluding diaryl/α,β-unsaturated/α-hetero) is 1. The van der Waals surface area contributed by atoms with Crippen LogP contribution < -0.4 is 10.1 Å². The molecule has 0 saturated carbocycles. The summed E-state index contributed by atoms with van der Waals surface area (Å²) in [6.45, 7) is 6.89. The van der Waals surface area contributed by atoms with Gasteiger partial charge in [0.1, 0.15) is 17.1 Å². The molecule has 0 saturated heterocycles. The van der Waals surface area contributed by atoms with Crippen LogP contribution in [0.3, 0.4) is 0 Å². The van der Waals surface area contributed by atoms with Crippen molar-refractivity contribution in [3.8, 4) is 5.75 Å². The number of rotatable bonds is 4. The third kappa shape index (κ3) is 5.30. The smallest absolute Gasteiger partial charge is 0.412 e. The predicted molar refractivity (Wildman–Crippen MR) is 77.2 cm³/mol. The van der Waals surface area contributed by atoms with E-state index in [9.17, 15) is 9.59 Å². The van der Waals surface area contributed by atoms with Crippen LogP contribution in [0.1, 0.15) is 33.3 Å². The second kappa shape index (κ2) is 6.41. The second-order valence-corrected chi connectivity index (χ2v) is 5.53. The molecular weight excluding hydrogens is 258 g/mol. The van der Waals surface area contributed by atoms with Crippen LogP contribution in [0.5, 0.6) is 5.75 Å². The second-order valence-electron chi connectivity index (χ2n) is 5.53. The quantitative estimate of drug-likeness (QED) is 0.919. The Morgan fingerprint density at radius 2 is 1.90 bits per heavy atom. The summed E-state index contributed by atoms with van der Waals surface area (Å²) < 4.78 is 10.4. The number of ether oxygens (including phenoxy) is 2. The molecule has 0 aliphatic rings. The Balaban J connectivity index is 2.86. The van der Waals surface area contributed by atoms with Crippen molar-refractivity contribution >= 4 is 17.6 Å². The first-order valence-electron chi connectivity index (χ1n) is 6.37. The number of ketones is 1. The minimum Gasteiger partial charge on any atom is -0.496 e. The molecule has 0 spiro atoms. The zero-order valence-electron chi connectivity index (χ0n) is 12.6. The van der Waals surface area contributed by atoms with Gasteiger partial charge in [-0.15, -0.1) is 0 Å². The standard InChI is InChI=1S/C15H21NO4/c1-10(17)8-11-9-12(6-7-13(11)19-5)16-14(18)20-15(2,3)4/h6-7,9H,8H2,1-5H3,(H,16,18). The lowest BCUT2D eigenvalue weighted by Gasteiger charge is -2.20. The average Bonchev–Trinajstić information content (AvgIpc) is 2.25. The van der Waals surface area contributed by atoms with E-state index in [0.717, 1.165) is 5.56 Å². The maximum absolute atomic E-state index is 11.7. The predicted octanol–water partition coefficient (Wildman–Crippen LogP) is 3.17. The third-order valence-corrected chi connectivity index (χ3v) is 2.37. The summed E-state index contributed by atoms with van der Waals surface area (Å²) in [5.41, 5.74) is 0.739. The van der Waals surface area contributed by atoms with Gasteiger partial charge in [-0.3, -0.25) is 10.1 Å². The van der Waals surface area contributed by atoms with Crippen molar-refractivity contribution in [2.45, 2.75) is 39.7 Å². The van der Waals surface area contributed by atoms with Crippen LogP contribution in [0, 0.1) is 0 Å². The van der Waals surface area contributed by atoms with E-state index in [1.54, 1.807) is 46.1 Å². The minimum atomic E-state index is -0.557. The zero-order valence-corrected chi connectivity index (χ0v) is 12.6. The Morgan fingerprint density at radius 1 is 1.25 bits per heavy atom. The number of carbonyl (C=O) groups excluding carboxylic acids is 2. The highest BCUT2D eigenvalue weighted by molar-refractivity contribution is 5.86. The molecule has 1 amide bonds. The van der Waals surface area contributed by atoms with E-state index in [1.807, 2.05) is 0 Å². The van der Waals surface area contributed by atoms with Gasteiger partial charge in [-0.25, -0.2) is 4.79 Å². The summed E-state index contributed by atoms with van der Waals surface area (Å²) in [5.74, 6) is 0.646. The maximum Gasteiger partial charge on any atom is 0.412 e. The number of anilines is 1. The van der Waals surface area contributed by atoms with Gasteiger partial charge < -0.3 is 9.47 Å². The van der Waals surface area contributed by atoms with Crippen LogP contribution in [0.15, 0.2) is 18.2 Å². The van der Waals surface area contributed by atoms with Crippen LogP contribution in [0.4, 0.5) is 10.5 Å². The number of carbonyl (C=O) groups is 2. The van der Waals surface area contributed by atoms with E-state index in [1.165, 1.54) is 6.92 Å². The zero-order chi connectivity index (χ0) is 15.3. The lowest BCUT2D eigenvalue weighted by Crippen LogP contribution is -2.27. The summed E-state index contributed by atoms with van der Waals surface area (Å²) in [4.78, 5) is 22.9. The van der Waals surface area contributed by atoms with Crippen molar-refractivity contribution in [3.63, 3.8) is 0 Å². The van der Waals surface area contributed by atoms with Crippen LogP contribution in [-0.4, -0.2) is 24.6 Å². The molecule has 5 heteroatoms. The normalized spacial score (nSPS) is 10.8. The summed E-state index contributed by atoms with van der Waals surface area (Å²) in [5, 5.41) is 2.64. The average molecular weight is 279 g/mol. The summed E-state index contributed by atoms with van der Waals surface area (Å²) in [7, 11) is 1.54. The molecule has 0 fully saturated rings. The van der Waals surface area contributed by atoms with E-state index in [0.29, 0.717) is 11.4 Å². The van der Waals surface area contributed by atoms with E-state index in [-0.39, 0.29) is 12.2 Å². The van der Waals surface area contributed by atoms with Crippen LogP contribution in [0.25, 0.3) is 0 Å². The molecule has 0 heterocycles. The van der Waals surface area contributed by atoms with Gasteiger partial charge in [0.15, 0.2) is 0 Å². The lowest BCUT2D eigenvalue weighted by molar-refractivity contribution is -0.116. The van der Waals surface area contributed by atoms with Crippen molar-refractivity contribution < 1.29 is 19.1 Å². The molecule has 0 aliphatic heterocycles. The van der Waals surface area contributed by atoms with Gasteiger partial charge >= 0.3 is 6.09 Å². The summed E-state index contributed by atoms with van der Waals surface area (Å²) in [6, 6.07) is 5.13. The molecule has 1 aromatic rings. The molecule has 0 aromatic heterocycles. The highest BCUT2D eigenvalue weighted by atomic mass is 16.6. The monoisotopic (exact) mass is 279 g/mol. The Labute approximate surface area is 119 Å². The van der Waals surface area contributed by atoms with Crippen LogP contribution in [-0.2, 0) is 16.0 Å². The molecule has 0 radical (unpaired) electrons. The van der Waals surface area contributed by atoms with Gasteiger partial charge in [-0.2, -0.15) is 0 Å². The maximum atomic E-state index is 11.7. The Morgan fingerprint density at radius 3 is 2.40 bits per heavy atom. The molecule has 1 rings (SSSR count). The van der Waals surface area contributed by atoms with Crippen molar-refractivity contribution in [1.29, 1.82) is 0 Å². The number of nitrogens with one attached hydrogen (secondary N) is 1. The van der Waals surface area contributed by atoms with E-state index in [2.05, 4.69) is 5.32 Å². The van der Waals surface area contributed by atoms with E-state index >= 15 is 0 Å². The fourth-order valence-corrected chi connectivity index (χ4v) is 1.68. The summed E-state index contributed by atoms with van der Waals surface area (Å²) in [6.07, 6.45) is -0.274. The Kier molecular flexibility index (Phi) is 5.13. The molecule has 20 heavy (non-hydrogen) atoms. The number of hydrogen-bond acceptors (Lipinski definition) is 4. The first kappa shape index (κ1) is 16.0. The first-order valence-corrected chi connectivity index (χ1v) is 6.37. The molecule has 0 aliphatic carbocycles. The van der Waals surface area contributed by atoms with Crippen molar-refractivity contribution in [3.05, 3.63) is 23.8 Å². The number of hydrogen-bond donors (Lipinski definition) is 1. The Hall–Kier alpha value is -2.04. The molecule has 1 N–H and O–H groups in total. The number of methoxy groups -OCH3 is 1. The van der Waals surface area contributed by atoms with Gasteiger partial charge in [0.2, 0.25) is 0 Å². The molecule has 0 bridgehead atoms. The van der Waals surface area contributed by atoms with Gasteiger partial charge in [0.25, 0.3) is 0 Å². The van der Waals surface area contributed by atoms with Gasteiger partial charge in [-0.05, 0) is 45.9 Å².